The number of fused-ring (bicyclic) bond motifs is 5. The van der Waals surface area contributed by atoms with Crippen LogP contribution in [0.3, 0.4) is 0 Å². The summed E-state index contributed by atoms with van der Waals surface area (Å²) in [6.45, 7) is 0.455. The van der Waals surface area contributed by atoms with Crippen molar-refractivity contribution in [1.82, 2.24) is 20.1 Å². The summed E-state index contributed by atoms with van der Waals surface area (Å²) in [5.74, 6) is -0.0537. The number of piperidine rings is 1. The van der Waals surface area contributed by atoms with Crippen molar-refractivity contribution in [3.8, 4) is 17.2 Å². The van der Waals surface area contributed by atoms with Crippen LogP contribution >= 0.6 is 0 Å². The molecular formula is C32H35FN4O6. The lowest BCUT2D eigenvalue weighted by Gasteiger charge is -2.39. The maximum absolute atomic E-state index is 14.6. The molecule has 2 aromatic carbocycles. The standard InChI is InChI=1S/C32H35FN4O6/c1-41-28-8-4-20-5-9-30(38)34-17-21-13-22(33)16-24(14-21)43-27-10-12-36(18-25(27)35-31(39)19-42-29(28)15-20)32(40)26-3-2-11-37(26)23-6-7-23/h2-4,8,11,13-16,23,25,27H,5-7,9-10,12,17-19H2,1H3,(H,34,38)(H,35,39)/t25-,27-/m1/s1. The third-order valence-corrected chi connectivity index (χ3v) is 8.06. The zero-order valence-corrected chi connectivity index (χ0v) is 24.0. The van der Waals surface area contributed by atoms with Gasteiger partial charge in [-0.15, -0.1) is 0 Å². The summed E-state index contributed by atoms with van der Waals surface area (Å²) >= 11 is 0. The molecule has 3 amide bonds. The molecule has 2 N–H and O–H groups in total. The van der Waals surface area contributed by atoms with Gasteiger partial charge in [0, 0.05) is 50.8 Å². The monoisotopic (exact) mass is 590 g/mol. The highest BCUT2D eigenvalue weighted by molar-refractivity contribution is 5.93. The average molecular weight is 591 g/mol. The van der Waals surface area contributed by atoms with E-state index < -0.39 is 23.9 Å². The van der Waals surface area contributed by atoms with Gasteiger partial charge in [0.05, 0.1) is 13.2 Å². The normalized spacial score (nSPS) is 21.2. The van der Waals surface area contributed by atoms with Gasteiger partial charge in [-0.2, -0.15) is 0 Å². The first-order chi connectivity index (χ1) is 20.9. The average Bonchev–Trinajstić information content (AvgIpc) is 3.73. The smallest absolute Gasteiger partial charge is 0.270 e. The van der Waals surface area contributed by atoms with Gasteiger partial charge < -0.3 is 34.3 Å². The Labute approximate surface area is 249 Å². The molecule has 2 fully saturated rings. The van der Waals surface area contributed by atoms with E-state index in [4.69, 9.17) is 14.2 Å². The summed E-state index contributed by atoms with van der Waals surface area (Å²) in [5.41, 5.74) is 2.02. The molecule has 10 nitrogen and oxygen atoms in total. The van der Waals surface area contributed by atoms with Crippen molar-refractivity contribution >= 4 is 17.7 Å². The molecule has 43 heavy (non-hydrogen) atoms. The van der Waals surface area contributed by atoms with Crippen molar-refractivity contribution in [2.24, 2.45) is 0 Å². The van der Waals surface area contributed by atoms with E-state index in [2.05, 4.69) is 10.6 Å². The summed E-state index contributed by atoms with van der Waals surface area (Å²) in [4.78, 5) is 41.1. The Bertz CT molecular complexity index is 1520. The number of ether oxygens (including phenoxy) is 3. The molecule has 11 heteroatoms. The molecule has 3 aliphatic rings. The highest BCUT2D eigenvalue weighted by Gasteiger charge is 2.36. The Morgan fingerprint density at radius 1 is 1.02 bits per heavy atom. The number of nitrogens with one attached hydrogen (secondary N) is 2. The van der Waals surface area contributed by atoms with Crippen molar-refractivity contribution in [1.29, 1.82) is 0 Å². The van der Waals surface area contributed by atoms with Crippen LogP contribution in [0.2, 0.25) is 0 Å². The number of rotatable bonds is 3. The molecule has 6 rings (SSSR count). The van der Waals surface area contributed by atoms with Crippen molar-refractivity contribution in [3.05, 3.63) is 77.4 Å². The predicted octanol–water partition coefficient (Wildman–Crippen LogP) is 3.39. The minimum Gasteiger partial charge on any atom is -0.493 e. The summed E-state index contributed by atoms with van der Waals surface area (Å²) < 4.78 is 34.1. The molecule has 0 spiro atoms. The molecule has 226 valence electrons. The van der Waals surface area contributed by atoms with E-state index >= 15 is 0 Å². The van der Waals surface area contributed by atoms with Crippen molar-refractivity contribution in [2.45, 2.75) is 56.8 Å². The Morgan fingerprint density at radius 3 is 2.70 bits per heavy atom. The number of carbonyl (C=O) groups excluding carboxylic acids is 3. The van der Waals surface area contributed by atoms with Gasteiger partial charge in [0.2, 0.25) is 5.91 Å². The van der Waals surface area contributed by atoms with Gasteiger partial charge in [-0.25, -0.2) is 4.39 Å². The van der Waals surface area contributed by atoms with E-state index in [1.54, 1.807) is 23.1 Å². The minimum absolute atomic E-state index is 0.106. The Balaban J connectivity index is 1.26. The van der Waals surface area contributed by atoms with Crippen LogP contribution in [-0.4, -0.2) is 66.1 Å². The molecule has 4 bridgehead atoms. The number of amides is 3. The fourth-order valence-corrected chi connectivity index (χ4v) is 5.70. The van der Waals surface area contributed by atoms with Gasteiger partial charge >= 0.3 is 0 Å². The maximum Gasteiger partial charge on any atom is 0.270 e. The third kappa shape index (κ3) is 6.76. The molecule has 1 saturated heterocycles. The highest BCUT2D eigenvalue weighted by Crippen LogP contribution is 2.36. The molecule has 1 aromatic heterocycles. The zero-order valence-electron chi connectivity index (χ0n) is 24.0. The number of carbonyl (C=O) groups is 3. The van der Waals surface area contributed by atoms with E-state index in [0.717, 1.165) is 18.4 Å². The third-order valence-electron chi connectivity index (χ3n) is 8.06. The topological polar surface area (TPSA) is 111 Å². The largest absolute Gasteiger partial charge is 0.493 e. The predicted molar refractivity (Wildman–Crippen MR) is 155 cm³/mol. The van der Waals surface area contributed by atoms with Gasteiger partial charge in [-0.1, -0.05) is 6.07 Å². The SMILES string of the molecule is COc1ccc2cc1OCC(=O)N[C@@H]1CN(C(=O)c3cccn3C3CC3)CC[C@H]1Oc1cc(F)cc(c1)CNC(=O)CC2. The maximum atomic E-state index is 14.6. The second kappa shape index (κ2) is 12.4. The van der Waals surface area contributed by atoms with Crippen LogP contribution in [0.1, 0.15) is 53.3 Å². The molecule has 1 aliphatic carbocycles. The van der Waals surface area contributed by atoms with Crippen LogP contribution in [0.5, 0.6) is 17.2 Å². The first-order valence-electron chi connectivity index (χ1n) is 14.6. The quantitative estimate of drug-likeness (QED) is 0.484. The lowest BCUT2D eigenvalue weighted by atomic mass is 10.0. The molecule has 1 saturated carbocycles. The highest BCUT2D eigenvalue weighted by atomic mass is 19.1. The molecule has 3 heterocycles. The summed E-state index contributed by atoms with van der Waals surface area (Å²) in [6, 6.07) is 13.1. The molecule has 0 radical (unpaired) electrons. The van der Waals surface area contributed by atoms with Crippen LogP contribution in [0.15, 0.2) is 54.7 Å². The van der Waals surface area contributed by atoms with Crippen LogP contribution in [0.4, 0.5) is 4.39 Å². The molecule has 3 aromatic rings. The van der Waals surface area contributed by atoms with Crippen LogP contribution in [0, 0.1) is 5.82 Å². The Hall–Kier alpha value is -4.54. The summed E-state index contributed by atoms with van der Waals surface area (Å²) in [6.07, 6.45) is 4.57. The minimum atomic E-state index is -0.586. The molecule has 2 atom stereocenters. The van der Waals surface area contributed by atoms with E-state index in [1.807, 2.05) is 29.0 Å². The number of hydrogen-bond acceptors (Lipinski definition) is 6. The fraction of sp³-hybridized carbons (Fsp3) is 0.406. The van der Waals surface area contributed by atoms with Crippen molar-refractivity contribution in [2.75, 3.05) is 26.8 Å². The lowest BCUT2D eigenvalue weighted by molar-refractivity contribution is -0.125. The number of aromatic nitrogens is 1. The van der Waals surface area contributed by atoms with Crippen molar-refractivity contribution in [3.63, 3.8) is 0 Å². The van der Waals surface area contributed by atoms with Crippen LogP contribution in [0.25, 0.3) is 0 Å². The van der Waals surface area contributed by atoms with Gasteiger partial charge in [0.15, 0.2) is 18.1 Å². The second-order valence-corrected chi connectivity index (χ2v) is 11.2. The lowest BCUT2D eigenvalue weighted by Crippen LogP contribution is -2.58. The van der Waals surface area contributed by atoms with Gasteiger partial charge in [-0.3, -0.25) is 14.4 Å². The van der Waals surface area contributed by atoms with Crippen LogP contribution < -0.4 is 24.8 Å². The summed E-state index contributed by atoms with van der Waals surface area (Å²) in [5, 5.41) is 5.84. The first-order valence-corrected chi connectivity index (χ1v) is 14.6. The van der Waals surface area contributed by atoms with E-state index in [1.165, 1.54) is 19.2 Å². The number of methoxy groups -OCH3 is 1. The van der Waals surface area contributed by atoms with E-state index in [0.29, 0.717) is 48.2 Å². The van der Waals surface area contributed by atoms with Crippen LogP contribution in [-0.2, 0) is 22.6 Å². The number of halogens is 1. The van der Waals surface area contributed by atoms with E-state index in [9.17, 15) is 18.8 Å². The fourth-order valence-electron chi connectivity index (χ4n) is 5.70. The van der Waals surface area contributed by atoms with Gasteiger partial charge in [-0.05, 0) is 66.8 Å². The molecule has 0 unspecified atom stereocenters. The Kier molecular flexibility index (Phi) is 8.22. The molecule has 2 aliphatic heterocycles. The Morgan fingerprint density at radius 2 is 1.88 bits per heavy atom. The van der Waals surface area contributed by atoms with Gasteiger partial charge in [0.1, 0.15) is 23.4 Å². The second-order valence-electron chi connectivity index (χ2n) is 11.2. The number of aryl methyl sites for hydroxylation is 1. The van der Waals surface area contributed by atoms with Gasteiger partial charge in [0.25, 0.3) is 11.8 Å². The zero-order chi connectivity index (χ0) is 29.9. The number of hydrogen-bond donors (Lipinski definition) is 2. The molecular weight excluding hydrogens is 555 g/mol. The van der Waals surface area contributed by atoms with Crippen molar-refractivity contribution < 1.29 is 33.0 Å². The number of likely N-dealkylation sites (tertiary alicyclic amines) is 1. The number of nitrogens with zero attached hydrogens (tertiary/aromatic N) is 2. The van der Waals surface area contributed by atoms with E-state index in [-0.39, 0.29) is 43.7 Å². The number of benzene rings is 2. The first kappa shape index (κ1) is 28.6. The summed E-state index contributed by atoms with van der Waals surface area (Å²) in [7, 11) is 1.51.